The molecule has 1 aromatic rings. The molecule has 0 spiro atoms. The number of likely N-dealkylation sites (tertiary alicyclic amines) is 1. The van der Waals surface area contributed by atoms with Crippen LogP contribution in [0.25, 0.3) is 0 Å². The van der Waals surface area contributed by atoms with E-state index in [1.54, 1.807) is 18.2 Å². The molecule has 7 heteroatoms. The van der Waals surface area contributed by atoms with Crippen molar-refractivity contribution in [3.63, 3.8) is 0 Å². The van der Waals surface area contributed by atoms with Gasteiger partial charge in [0.25, 0.3) is 5.91 Å². The molecule has 7 nitrogen and oxygen atoms in total. The van der Waals surface area contributed by atoms with Gasteiger partial charge >= 0.3 is 0 Å². The van der Waals surface area contributed by atoms with Gasteiger partial charge in [-0.25, -0.2) is 5.43 Å². The second kappa shape index (κ2) is 6.07. The zero-order chi connectivity index (χ0) is 14.8. The minimum Gasteiger partial charge on any atom is -0.390 e. The maximum Gasteiger partial charge on any atom is 0.283 e. The highest BCUT2D eigenvalue weighted by Gasteiger charge is 2.52. The number of aliphatic hydroxyl groups excluding tert-OH is 2. The van der Waals surface area contributed by atoms with Crippen LogP contribution in [0.3, 0.4) is 0 Å². The van der Waals surface area contributed by atoms with E-state index in [2.05, 4.69) is 20.7 Å². The summed E-state index contributed by atoms with van der Waals surface area (Å²) in [6.07, 6.45) is 2.35. The first-order chi connectivity index (χ1) is 10.2. The van der Waals surface area contributed by atoms with Gasteiger partial charge in [0.1, 0.15) is 5.69 Å². The standard InChI is InChI=1S/C14H20N4O3/c19-12-10(13(20)11(12)18-7-3-4-8-18)16-17-14(21)9-5-1-2-6-15-9/h1-2,5-6,10-13,16,19-20H,3-4,7-8H2,(H,17,21). The molecule has 0 bridgehead atoms. The number of carbonyl (C=O) groups excluding carboxylic acids is 1. The minimum atomic E-state index is -0.692. The Morgan fingerprint density at radius 3 is 2.57 bits per heavy atom. The SMILES string of the molecule is O=C(NNC1C(O)C(N2CCCC2)C1O)c1ccccn1. The van der Waals surface area contributed by atoms with Crippen LogP contribution in [0.5, 0.6) is 0 Å². The molecule has 0 radical (unpaired) electrons. The summed E-state index contributed by atoms with van der Waals surface area (Å²) in [4.78, 5) is 17.9. The van der Waals surface area contributed by atoms with Crippen molar-refractivity contribution in [3.8, 4) is 0 Å². The fourth-order valence-corrected chi connectivity index (χ4v) is 3.04. The number of nitrogens with zero attached hydrogens (tertiary/aromatic N) is 2. The number of amides is 1. The van der Waals surface area contributed by atoms with E-state index in [4.69, 9.17) is 0 Å². The predicted molar refractivity (Wildman–Crippen MR) is 75.2 cm³/mol. The Morgan fingerprint density at radius 2 is 1.95 bits per heavy atom. The first-order valence-electron chi connectivity index (χ1n) is 7.25. The van der Waals surface area contributed by atoms with Crippen LogP contribution in [-0.4, -0.2) is 63.4 Å². The number of pyridine rings is 1. The van der Waals surface area contributed by atoms with Gasteiger partial charge in [0, 0.05) is 6.20 Å². The van der Waals surface area contributed by atoms with Crippen molar-refractivity contribution in [2.45, 2.75) is 37.1 Å². The van der Waals surface area contributed by atoms with Gasteiger partial charge in [-0.15, -0.1) is 0 Å². The third kappa shape index (κ3) is 2.77. The number of hydrogen-bond acceptors (Lipinski definition) is 6. The molecule has 1 aliphatic heterocycles. The van der Waals surface area contributed by atoms with Gasteiger partial charge in [-0.2, -0.15) is 0 Å². The van der Waals surface area contributed by atoms with Crippen LogP contribution in [-0.2, 0) is 0 Å². The maximum absolute atomic E-state index is 11.8. The van der Waals surface area contributed by atoms with Crippen molar-refractivity contribution in [2.24, 2.45) is 0 Å². The third-order valence-electron chi connectivity index (χ3n) is 4.25. The van der Waals surface area contributed by atoms with E-state index >= 15 is 0 Å². The number of aromatic nitrogens is 1. The highest BCUT2D eigenvalue weighted by molar-refractivity contribution is 5.91. The van der Waals surface area contributed by atoms with Crippen molar-refractivity contribution < 1.29 is 15.0 Å². The van der Waals surface area contributed by atoms with Crippen molar-refractivity contribution in [1.29, 1.82) is 0 Å². The number of nitrogens with one attached hydrogen (secondary N) is 2. The van der Waals surface area contributed by atoms with Gasteiger partial charge in [0.05, 0.1) is 24.3 Å². The molecule has 2 unspecified atom stereocenters. The van der Waals surface area contributed by atoms with Crippen LogP contribution >= 0.6 is 0 Å². The molecular formula is C14H20N4O3. The molecule has 2 heterocycles. The van der Waals surface area contributed by atoms with Gasteiger partial charge in [-0.05, 0) is 38.1 Å². The molecular weight excluding hydrogens is 272 g/mol. The highest BCUT2D eigenvalue weighted by atomic mass is 16.3. The first-order valence-corrected chi connectivity index (χ1v) is 7.25. The van der Waals surface area contributed by atoms with E-state index in [1.165, 1.54) is 6.20 Å². The summed E-state index contributed by atoms with van der Waals surface area (Å²) in [6.45, 7) is 1.82. The average molecular weight is 292 g/mol. The molecule has 1 saturated carbocycles. The lowest BCUT2D eigenvalue weighted by molar-refractivity contribution is -0.140. The summed E-state index contributed by atoms with van der Waals surface area (Å²) in [6, 6.07) is 4.25. The molecule has 2 aliphatic rings. The molecule has 4 N–H and O–H groups in total. The van der Waals surface area contributed by atoms with E-state index < -0.39 is 18.2 Å². The van der Waals surface area contributed by atoms with Gasteiger partial charge < -0.3 is 10.2 Å². The molecule has 1 aromatic heterocycles. The summed E-state index contributed by atoms with van der Waals surface area (Å²) in [5, 5.41) is 20.3. The maximum atomic E-state index is 11.8. The zero-order valence-electron chi connectivity index (χ0n) is 11.6. The molecule has 1 saturated heterocycles. The topological polar surface area (TPSA) is 97.7 Å². The third-order valence-corrected chi connectivity index (χ3v) is 4.25. The zero-order valence-corrected chi connectivity index (χ0v) is 11.6. The Labute approximate surface area is 123 Å². The lowest BCUT2D eigenvalue weighted by Crippen LogP contribution is -2.75. The van der Waals surface area contributed by atoms with Crippen molar-refractivity contribution in [2.75, 3.05) is 13.1 Å². The Hall–Kier alpha value is -1.54. The number of hydrogen-bond donors (Lipinski definition) is 4. The molecule has 3 rings (SSSR count). The van der Waals surface area contributed by atoms with Gasteiger partial charge in [-0.1, -0.05) is 6.07 Å². The Kier molecular flexibility index (Phi) is 4.16. The fourth-order valence-electron chi connectivity index (χ4n) is 3.04. The molecule has 21 heavy (non-hydrogen) atoms. The van der Waals surface area contributed by atoms with Crippen LogP contribution < -0.4 is 10.9 Å². The van der Waals surface area contributed by atoms with Crippen molar-refractivity contribution >= 4 is 5.91 Å². The molecule has 114 valence electrons. The second-order valence-corrected chi connectivity index (χ2v) is 5.55. The largest absolute Gasteiger partial charge is 0.390 e. The average Bonchev–Trinajstić information content (AvgIpc) is 3.02. The summed E-state index contributed by atoms with van der Waals surface area (Å²) in [5.74, 6) is -0.389. The quantitative estimate of drug-likeness (QED) is 0.525. The number of hydrazine groups is 1. The molecule has 2 fully saturated rings. The molecule has 1 aliphatic carbocycles. The lowest BCUT2D eigenvalue weighted by atomic mass is 9.79. The smallest absolute Gasteiger partial charge is 0.283 e. The van der Waals surface area contributed by atoms with Gasteiger partial charge in [0.15, 0.2) is 0 Å². The number of carbonyl (C=O) groups is 1. The molecule has 1 amide bonds. The van der Waals surface area contributed by atoms with E-state index in [-0.39, 0.29) is 17.6 Å². The molecule has 0 aromatic carbocycles. The van der Waals surface area contributed by atoms with Crippen molar-refractivity contribution in [1.82, 2.24) is 20.7 Å². The monoisotopic (exact) mass is 292 g/mol. The van der Waals surface area contributed by atoms with Crippen LogP contribution in [0.4, 0.5) is 0 Å². The summed E-state index contributed by atoms with van der Waals surface area (Å²) < 4.78 is 0. The first kappa shape index (κ1) is 14.4. The van der Waals surface area contributed by atoms with Crippen LogP contribution in [0.15, 0.2) is 24.4 Å². The summed E-state index contributed by atoms with van der Waals surface area (Å²) in [5.41, 5.74) is 5.47. The Bertz CT molecular complexity index is 482. The fraction of sp³-hybridized carbons (Fsp3) is 0.571. The highest BCUT2D eigenvalue weighted by Crippen LogP contribution is 2.29. The lowest BCUT2D eigenvalue weighted by Gasteiger charge is -2.50. The second-order valence-electron chi connectivity index (χ2n) is 5.55. The van der Waals surface area contributed by atoms with Gasteiger partial charge in [-0.3, -0.25) is 20.1 Å². The van der Waals surface area contributed by atoms with Gasteiger partial charge in [0.2, 0.25) is 0 Å². The van der Waals surface area contributed by atoms with Crippen molar-refractivity contribution in [3.05, 3.63) is 30.1 Å². The normalized spacial score (nSPS) is 32.7. The minimum absolute atomic E-state index is 0.239. The van der Waals surface area contributed by atoms with E-state index in [0.29, 0.717) is 0 Å². The summed E-state index contributed by atoms with van der Waals surface area (Å²) >= 11 is 0. The van der Waals surface area contributed by atoms with E-state index in [0.717, 1.165) is 25.9 Å². The summed E-state index contributed by atoms with van der Waals surface area (Å²) in [7, 11) is 0. The Balaban J connectivity index is 1.51. The molecule has 2 atom stereocenters. The van der Waals surface area contributed by atoms with E-state index in [1.807, 2.05) is 0 Å². The number of rotatable bonds is 4. The van der Waals surface area contributed by atoms with Crippen LogP contribution in [0.1, 0.15) is 23.3 Å². The predicted octanol–water partition coefficient (Wildman–Crippen LogP) is -1.12. The van der Waals surface area contributed by atoms with E-state index in [9.17, 15) is 15.0 Å². The Morgan fingerprint density at radius 1 is 1.24 bits per heavy atom. The van der Waals surface area contributed by atoms with Crippen LogP contribution in [0.2, 0.25) is 0 Å². The van der Waals surface area contributed by atoms with Crippen LogP contribution in [0, 0.1) is 0 Å². The number of aliphatic hydroxyl groups is 2.